The number of benzene rings is 1. The Morgan fingerprint density at radius 3 is 2.41 bits per heavy atom. The molecule has 0 aliphatic heterocycles. The number of hydrogen-bond donors (Lipinski definition) is 1. The molecule has 1 aromatic rings. The number of ether oxygens (including phenoxy) is 2. The fraction of sp³-hybridized carbons (Fsp3) is 0.636. The molecule has 5 rings (SSSR count). The lowest BCUT2D eigenvalue weighted by molar-refractivity contribution is -0.127. The molecule has 0 heterocycles. The van der Waals surface area contributed by atoms with Gasteiger partial charge >= 0.3 is 0 Å². The van der Waals surface area contributed by atoms with Crippen molar-refractivity contribution in [3.63, 3.8) is 0 Å². The van der Waals surface area contributed by atoms with E-state index in [1.165, 1.54) is 38.5 Å². The number of hydrogen-bond acceptors (Lipinski definition) is 4. The minimum absolute atomic E-state index is 0.0795. The van der Waals surface area contributed by atoms with Crippen molar-refractivity contribution in [2.24, 2.45) is 23.2 Å². The fourth-order valence-electron chi connectivity index (χ4n) is 6.16. The molecule has 0 unspecified atom stereocenters. The first-order chi connectivity index (χ1) is 13.0. The van der Waals surface area contributed by atoms with Crippen molar-refractivity contribution in [2.45, 2.75) is 51.5 Å². The average Bonchev–Trinajstić information content (AvgIpc) is 2.65. The van der Waals surface area contributed by atoms with Crippen LogP contribution in [0.15, 0.2) is 18.2 Å². The number of carbonyl (C=O) groups excluding carboxylic acids is 2. The fourth-order valence-corrected chi connectivity index (χ4v) is 6.16. The molecule has 27 heavy (non-hydrogen) atoms. The van der Waals surface area contributed by atoms with E-state index in [2.05, 4.69) is 12.2 Å². The molecule has 0 saturated heterocycles. The molecule has 1 N–H and O–H groups in total. The Balaban J connectivity index is 1.35. The van der Waals surface area contributed by atoms with Crippen molar-refractivity contribution in [3.05, 3.63) is 23.8 Å². The van der Waals surface area contributed by atoms with Crippen molar-refractivity contribution in [2.75, 3.05) is 13.7 Å². The summed E-state index contributed by atoms with van der Waals surface area (Å²) in [6.45, 7) is 2.08. The first-order valence-corrected chi connectivity index (χ1v) is 10.1. The summed E-state index contributed by atoms with van der Waals surface area (Å²) in [6.07, 6.45) is 8.69. The van der Waals surface area contributed by atoms with E-state index in [1.807, 2.05) is 0 Å². The van der Waals surface area contributed by atoms with Gasteiger partial charge in [0.2, 0.25) is 0 Å². The van der Waals surface area contributed by atoms with Gasteiger partial charge in [-0.15, -0.1) is 0 Å². The molecule has 5 heteroatoms. The number of carbonyl (C=O) groups is 2. The summed E-state index contributed by atoms with van der Waals surface area (Å²) in [5.41, 5.74) is 0.662. The maximum Gasteiger partial charge on any atom is 0.258 e. The summed E-state index contributed by atoms with van der Waals surface area (Å²) in [5.74, 6) is 3.46. The highest BCUT2D eigenvalue weighted by atomic mass is 16.5. The maximum atomic E-state index is 12.5. The standard InChI is InChI=1S/C22H29NO4/c1-14(22-9-15-5-16(10-22)7-17(6-15)11-22)23-21(25)13-27-20-4-3-19(26-2)8-18(20)12-24/h3-4,8,12,14-17H,5-7,9-11,13H2,1-2H3,(H,23,25)/t14-,15?,16?,17?,22?/m1/s1. The van der Waals surface area contributed by atoms with Gasteiger partial charge in [-0.1, -0.05) is 0 Å². The van der Waals surface area contributed by atoms with E-state index in [1.54, 1.807) is 25.3 Å². The largest absolute Gasteiger partial charge is 0.497 e. The van der Waals surface area contributed by atoms with Gasteiger partial charge in [0.05, 0.1) is 12.7 Å². The van der Waals surface area contributed by atoms with E-state index in [0.717, 1.165) is 17.8 Å². The molecule has 1 atom stereocenters. The summed E-state index contributed by atoms with van der Waals surface area (Å²) >= 11 is 0. The van der Waals surface area contributed by atoms with Crippen LogP contribution in [-0.2, 0) is 4.79 Å². The molecule has 0 spiro atoms. The Bertz CT molecular complexity index is 694. The Hall–Kier alpha value is -2.04. The number of amides is 1. The van der Waals surface area contributed by atoms with E-state index in [9.17, 15) is 9.59 Å². The van der Waals surface area contributed by atoms with Gasteiger partial charge in [-0.05, 0) is 86.8 Å². The lowest BCUT2D eigenvalue weighted by atomic mass is 9.48. The van der Waals surface area contributed by atoms with Crippen LogP contribution in [0.1, 0.15) is 55.8 Å². The molecule has 1 amide bonds. The first kappa shape index (κ1) is 18.3. The molecule has 4 aliphatic carbocycles. The normalized spacial score (nSPS) is 32.0. The van der Waals surface area contributed by atoms with Gasteiger partial charge in [-0.2, -0.15) is 0 Å². The molecule has 146 valence electrons. The number of methoxy groups -OCH3 is 1. The van der Waals surface area contributed by atoms with Crippen molar-refractivity contribution in [3.8, 4) is 11.5 Å². The second-order valence-electron chi connectivity index (χ2n) is 8.88. The smallest absolute Gasteiger partial charge is 0.258 e. The van der Waals surface area contributed by atoms with E-state index < -0.39 is 0 Å². The molecule has 0 radical (unpaired) electrons. The third kappa shape index (κ3) is 3.56. The molecule has 4 aliphatic rings. The average molecular weight is 371 g/mol. The van der Waals surface area contributed by atoms with Crippen LogP contribution < -0.4 is 14.8 Å². The van der Waals surface area contributed by atoms with Gasteiger partial charge in [-0.3, -0.25) is 9.59 Å². The van der Waals surface area contributed by atoms with Gasteiger partial charge in [-0.25, -0.2) is 0 Å². The number of nitrogens with one attached hydrogen (secondary N) is 1. The second kappa shape index (κ2) is 7.17. The van der Waals surface area contributed by atoms with E-state index in [-0.39, 0.29) is 24.0 Å². The predicted molar refractivity (Wildman–Crippen MR) is 102 cm³/mol. The summed E-state index contributed by atoms with van der Waals surface area (Å²) in [6, 6.07) is 5.16. The maximum absolute atomic E-state index is 12.5. The van der Waals surface area contributed by atoms with Crippen molar-refractivity contribution in [1.82, 2.24) is 5.32 Å². The highest BCUT2D eigenvalue weighted by molar-refractivity contribution is 5.81. The van der Waals surface area contributed by atoms with Crippen LogP contribution in [0.2, 0.25) is 0 Å². The third-order valence-electron chi connectivity index (χ3n) is 7.08. The molecule has 4 fully saturated rings. The van der Waals surface area contributed by atoms with Crippen LogP contribution in [0, 0.1) is 23.2 Å². The lowest BCUT2D eigenvalue weighted by Crippen LogP contribution is -2.56. The minimum atomic E-state index is -0.120. The first-order valence-electron chi connectivity index (χ1n) is 10.1. The van der Waals surface area contributed by atoms with Gasteiger partial charge in [0.1, 0.15) is 11.5 Å². The highest BCUT2D eigenvalue weighted by Gasteiger charge is 2.53. The van der Waals surface area contributed by atoms with Crippen LogP contribution in [0.4, 0.5) is 0 Å². The van der Waals surface area contributed by atoms with Gasteiger partial charge in [0.15, 0.2) is 12.9 Å². The third-order valence-corrected chi connectivity index (χ3v) is 7.08. The molecule has 4 saturated carbocycles. The summed E-state index contributed by atoms with van der Waals surface area (Å²) in [4.78, 5) is 23.7. The Labute approximate surface area is 160 Å². The highest BCUT2D eigenvalue weighted by Crippen LogP contribution is 2.61. The summed E-state index contributed by atoms with van der Waals surface area (Å²) in [5, 5.41) is 3.19. The summed E-state index contributed by atoms with van der Waals surface area (Å²) in [7, 11) is 1.55. The molecule has 5 nitrogen and oxygen atoms in total. The Kier molecular flexibility index (Phi) is 4.87. The van der Waals surface area contributed by atoms with Crippen molar-refractivity contribution < 1.29 is 19.1 Å². The lowest BCUT2D eigenvalue weighted by Gasteiger charge is -2.59. The molecular formula is C22H29NO4. The zero-order chi connectivity index (χ0) is 19.0. The van der Waals surface area contributed by atoms with Gasteiger partial charge < -0.3 is 14.8 Å². The summed E-state index contributed by atoms with van der Waals surface area (Å²) < 4.78 is 10.7. The minimum Gasteiger partial charge on any atom is -0.497 e. The predicted octanol–water partition coefficient (Wildman–Crippen LogP) is 3.61. The molecule has 1 aromatic carbocycles. The monoisotopic (exact) mass is 371 g/mol. The van der Waals surface area contributed by atoms with E-state index in [0.29, 0.717) is 23.3 Å². The van der Waals surface area contributed by atoms with Crippen LogP contribution in [0.3, 0.4) is 0 Å². The van der Waals surface area contributed by atoms with Crippen LogP contribution in [-0.4, -0.2) is 32.0 Å². The van der Waals surface area contributed by atoms with Crippen molar-refractivity contribution >= 4 is 12.2 Å². The van der Waals surface area contributed by atoms with Crippen LogP contribution >= 0.6 is 0 Å². The van der Waals surface area contributed by atoms with Gasteiger partial charge in [0.25, 0.3) is 5.91 Å². The zero-order valence-electron chi connectivity index (χ0n) is 16.2. The number of aldehydes is 1. The Morgan fingerprint density at radius 2 is 1.85 bits per heavy atom. The second-order valence-corrected chi connectivity index (χ2v) is 8.88. The van der Waals surface area contributed by atoms with Crippen LogP contribution in [0.25, 0.3) is 0 Å². The van der Waals surface area contributed by atoms with Crippen molar-refractivity contribution in [1.29, 1.82) is 0 Å². The Morgan fingerprint density at radius 1 is 1.22 bits per heavy atom. The molecular weight excluding hydrogens is 342 g/mol. The van der Waals surface area contributed by atoms with Crippen LogP contribution in [0.5, 0.6) is 11.5 Å². The zero-order valence-corrected chi connectivity index (χ0v) is 16.2. The molecule has 0 aromatic heterocycles. The quantitative estimate of drug-likeness (QED) is 0.744. The van der Waals surface area contributed by atoms with Gasteiger partial charge in [0, 0.05) is 6.04 Å². The topological polar surface area (TPSA) is 64.6 Å². The molecule has 4 bridgehead atoms. The SMILES string of the molecule is COc1ccc(OCC(=O)N[C@H](C)C23CC4CC(CC(C4)C2)C3)c(C=O)c1. The van der Waals surface area contributed by atoms with E-state index >= 15 is 0 Å². The van der Waals surface area contributed by atoms with E-state index in [4.69, 9.17) is 9.47 Å². The number of rotatable bonds is 7.